The molecule has 0 amide bonds. The van der Waals surface area contributed by atoms with Crippen LogP contribution in [0.2, 0.25) is 0 Å². The lowest BCUT2D eigenvalue weighted by Gasteiger charge is -2.32. The van der Waals surface area contributed by atoms with Gasteiger partial charge in [-0.2, -0.15) is 0 Å². The summed E-state index contributed by atoms with van der Waals surface area (Å²) in [6.07, 6.45) is 0. The Morgan fingerprint density at radius 2 is 1.76 bits per heavy atom. The van der Waals surface area contributed by atoms with Gasteiger partial charge in [0.2, 0.25) is 0 Å². The van der Waals surface area contributed by atoms with Gasteiger partial charge >= 0.3 is 0 Å². The van der Waals surface area contributed by atoms with Gasteiger partial charge in [-0.15, -0.1) is 0 Å². The molecule has 0 atom stereocenters. The van der Waals surface area contributed by atoms with Crippen molar-refractivity contribution in [2.45, 2.75) is 19.4 Å². The molecule has 0 aliphatic heterocycles. The molecule has 4 heteroatoms. The molecule has 0 aromatic heterocycles. The van der Waals surface area contributed by atoms with Crippen molar-refractivity contribution in [1.82, 2.24) is 4.90 Å². The number of nitrogens with zero attached hydrogens (tertiary/aromatic N) is 1. The average molecular weight is 238 g/mol. The van der Waals surface area contributed by atoms with E-state index < -0.39 is 0 Å². The molecule has 0 saturated heterocycles. The highest BCUT2D eigenvalue weighted by Crippen LogP contribution is 2.25. The van der Waals surface area contributed by atoms with Crippen LogP contribution in [0, 0.1) is 0 Å². The number of likely N-dealkylation sites (N-methyl/N-ethyl adjacent to an activating group) is 1. The van der Waals surface area contributed by atoms with Gasteiger partial charge in [0.25, 0.3) is 0 Å². The van der Waals surface area contributed by atoms with Crippen molar-refractivity contribution in [3.05, 3.63) is 18.2 Å². The number of ether oxygens (including phenoxy) is 2. The Morgan fingerprint density at radius 3 is 2.29 bits per heavy atom. The molecule has 0 heterocycles. The second kappa shape index (κ2) is 5.27. The number of nitrogens with two attached hydrogens (primary N) is 1. The van der Waals surface area contributed by atoms with Crippen LogP contribution in [0.1, 0.15) is 13.8 Å². The van der Waals surface area contributed by atoms with Gasteiger partial charge in [-0.3, -0.25) is 0 Å². The third-order valence-electron chi connectivity index (χ3n) is 2.94. The van der Waals surface area contributed by atoms with Crippen molar-refractivity contribution in [2.75, 3.05) is 33.5 Å². The predicted octanol–water partition coefficient (Wildman–Crippen LogP) is 2.00. The standard InChI is InChI=1S/C13H22N2O2/c1-13(2,15(3)4)9-17-12-7-10(14)6-11(8-12)16-5/h6-8H,9,14H2,1-5H3. The quantitative estimate of drug-likeness (QED) is 0.797. The van der Waals surface area contributed by atoms with E-state index in [1.165, 1.54) is 0 Å². The molecule has 0 bridgehead atoms. The van der Waals surface area contributed by atoms with Crippen molar-refractivity contribution < 1.29 is 9.47 Å². The molecule has 1 aromatic rings. The van der Waals surface area contributed by atoms with E-state index in [0.29, 0.717) is 18.0 Å². The number of methoxy groups -OCH3 is 1. The molecule has 96 valence electrons. The maximum Gasteiger partial charge on any atom is 0.125 e. The number of anilines is 1. The summed E-state index contributed by atoms with van der Waals surface area (Å²) in [4.78, 5) is 2.12. The summed E-state index contributed by atoms with van der Waals surface area (Å²) in [7, 11) is 5.68. The number of rotatable bonds is 5. The Labute approximate surface area is 103 Å². The molecule has 2 N–H and O–H groups in total. The maximum atomic E-state index is 5.76. The molecule has 0 fully saturated rings. The highest BCUT2D eigenvalue weighted by atomic mass is 16.5. The topological polar surface area (TPSA) is 47.7 Å². The Bertz CT molecular complexity index is 376. The largest absolute Gasteiger partial charge is 0.497 e. The van der Waals surface area contributed by atoms with Gasteiger partial charge in [-0.05, 0) is 27.9 Å². The summed E-state index contributed by atoms with van der Waals surface area (Å²) in [5.74, 6) is 1.44. The van der Waals surface area contributed by atoms with Crippen molar-refractivity contribution in [3.63, 3.8) is 0 Å². The van der Waals surface area contributed by atoms with Crippen LogP contribution in [-0.2, 0) is 0 Å². The Kier molecular flexibility index (Phi) is 4.23. The molecule has 0 radical (unpaired) electrons. The van der Waals surface area contributed by atoms with Gasteiger partial charge < -0.3 is 20.1 Å². The molecule has 4 nitrogen and oxygen atoms in total. The lowest BCUT2D eigenvalue weighted by molar-refractivity contribution is 0.114. The van der Waals surface area contributed by atoms with E-state index in [9.17, 15) is 0 Å². The van der Waals surface area contributed by atoms with Gasteiger partial charge in [-0.25, -0.2) is 0 Å². The number of benzene rings is 1. The molecular formula is C13H22N2O2. The fourth-order valence-electron chi connectivity index (χ4n) is 1.18. The molecule has 0 saturated carbocycles. The summed E-state index contributed by atoms with van der Waals surface area (Å²) in [6.45, 7) is 4.83. The molecule has 0 unspecified atom stereocenters. The average Bonchev–Trinajstić information content (AvgIpc) is 2.25. The molecule has 0 spiro atoms. The first-order valence-corrected chi connectivity index (χ1v) is 5.60. The predicted molar refractivity (Wildman–Crippen MR) is 70.7 cm³/mol. The van der Waals surface area contributed by atoms with Gasteiger partial charge in [0.05, 0.1) is 7.11 Å². The van der Waals surface area contributed by atoms with Crippen molar-refractivity contribution >= 4 is 5.69 Å². The van der Waals surface area contributed by atoms with Gasteiger partial charge in [0.15, 0.2) is 0 Å². The van der Waals surface area contributed by atoms with Crippen LogP contribution < -0.4 is 15.2 Å². The lowest BCUT2D eigenvalue weighted by atomic mass is 10.1. The Balaban J connectivity index is 2.72. The fourth-order valence-corrected chi connectivity index (χ4v) is 1.18. The molecule has 1 rings (SSSR count). The molecule has 17 heavy (non-hydrogen) atoms. The molecule has 1 aromatic carbocycles. The van der Waals surface area contributed by atoms with E-state index in [0.717, 1.165) is 5.75 Å². The van der Waals surface area contributed by atoms with E-state index in [4.69, 9.17) is 15.2 Å². The van der Waals surface area contributed by atoms with Crippen LogP contribution in [0.25, 0.3) is 0 Å². The highest BCUT2D eigenvalue weighted by Gasteiger charge is 2.21. The zero-order chi connectivity index (χ0) is 13.1. The van der Waals surface area contributed by atoms with Crippen molar-refractivity contribution in [1.29, 1.82) is 0 Å². The lowest BCUT2D eigenvalue weighted by Crippen LogP contribution is -2.43. The summed E-state index contributed by atoms with van der Waals surface area (Å²) in [6, 6.07) is 5.40. The normalized spacial score (nSPS) is 11.6. The van der Waals surface area contributed by atoms with E-state index in [1.807, 2.05) is 20.2 Å². The first-order valence-electron chi connectivity index (χ1n) is 5.60. The van der Waals surface area contributed by atoms with Crippen LogP contribution in [0.15, 0.2) is 18.2 Å². The third-order valence-corrected chi connectivity index (χ3v) is 2.94. The second-order valence-corrected chi connectivity index (χ2v) is 4.94. The molecule has 0 aliphatic carbocycles. The second-order valence-electron chi connectivity index (χ2n) is 4.94. The van der Waals surface area contributed by atoms with E-state index in [2.05, 4.69) is 18.7 Å². The van der Waals surface area contributed by atoms with Gasteiger partial charge in [0, 0.05) is 29.4 Å². The minimum absolute atomic E-state index is 0.0299. The first-order chi connectivity index (χ1) is 7.85. The van der Waals surface area contributed by atoms with Crippen LogP contribution in [0.5, 0.6) is 11.5 Å². The molecular weight excluding hydrogens is 216 g/mol. The zero-order valence-electron chi connectivity index (χ0n) is 11.3. The monoisotopic (exact) mass is 238 g/mol. The maximum absolute atomic E-state index is 5.76. The van der Waals surface area contributed by atoms with E-state index in [-0.39, 0.29) is 5.54 Å². The van der Waals surface area contributed by atoms with Crippen LogP contribution in [0.3, 0.4) is 0 Å². The zero-order valence-corrected chi connectivity index (χ0v) is 11.3. The van der Waals surface area contributed by atoms with Crippen molar-refractivity contribution in [2.24, 2.45) is 0 Å². The minimum atomic E-state index is -0.0299. The van der Waals surface area contributed by atoms with Crippen LogP contribution in [-0.4, -0.2) is 38.3 Å². The Morgan fingerprint density at radius 1 is 1.18 bits per heavy atom. The number of nitrogen functional groups attached to an aromatic ring is 1. The summed E-state index contributed by atoms with van der Waals surface area (Å²) < 4.78 is 10.9. The van der Waals surface area contributed by atoms with Crippen molar-refractivity contribution in [3.8, 4) is 11.5 Å². The fraction of sp³-hybridized carbons (Fsp3) is 0.538. The summed E-state index contributed by atoms with van der Waals surface area (Å²) in [5.41, 5.74) is 6.37. The summed E-state index contributed by atoms with van der Waals surface area (Å²) in [5, 5.41) is 0. The number of hydrogen-bond donors (Lipinski definition) is 1. The van der Waals surface area contributed by atoms with Crippen LogP contribution >= 0.6 is 0 Å². The van der Waals surface area contributed by atoms with E-state index >= 15 is 0 Å². The van der Waals surface area contributed by atoms with E-state index in [1.54, 1.807) is 19.2 Å². The summed E-state index contributed by atoms with van der Waals surface area (Å²) >= 11 is 0. The SMILES string of the molecule is COc1cc(N)cc(OCC(C)(C)N(C)C)c1. The Hall–Kier alpha value is -1.42. The number of hydrogen-bond acceptors (Lipinski definition) is 4. The smallest absolute Gasteiger partial charge is 0.125 e. The first kappa shape index (κ1) is 13.6. The highest BCUT2D eigenvalue weighted by molar-refractivity contribution is 5.50. The third kappa shape index (κ3) is 3.82. The van der Waals surface area contributed by atoms with Crippen LogP contribution in [0.4, 0.5) is 5.69 Å². The molecule has 0 aliphatic rings. The van der Waals surface area contributed by atoms with Gasteiger partial charge in [-0.1, -0.05) is 0 Å². The van der Waals surface area contributed by atoms with Gasteiger partial charge in [0.1, 0.15) is 18.1 Å². The minimum Gasteiger partial charge on any atom is -0.497 e.